The van der Waals surface area contributed by atoms with E-state index < -0.39 is 29.7 Å². The molecule has 2 amide bonds. The molecule has 0 saturated carbocycles. The number of nitrogens with zero attached hydrogens (tertiary/aromatic N) is 1. The zero-order valence-electron chi connectivity index (χ0n) is 15.5. The van der Waals surface area contributed by atoms with Crippen LogP contribution in [0.25, 0.3) is 0 Å². The van der Waals surface area contributed by atoms with Gasteiger partial charge in [-0.3, -0.25) is 9.69 Å². The molecule has 24 heavy (non-hydrogen) atoms. The number of ether oxygens (including phenoxy) is 2. The summed E-state index contributed by atoms with van der Waals surface area (Å²) in [5.41, 5.74) is -0.618. The molecule has 138 valence electrons. The van der Waals surface area contributed by atoms with E-state index >= 15 is 0 Å². The van der Waals surface area contributed by atoms with Crippen LogP contribution in [0.15, 0.2) is 0 Å². The second-order valence-electron chi connectivity index (χ2n) is 7.55. The third-order valence-electron chi connectivity index (χ3n) is 3.69. The zero-order valence-corrected chi connectivity index (χ0v) is 15.5. The van der Waals surface area contributed by atoms with E-state index in [0.717, 1.165) is 6.42 Å². The minimum absolute atomic E-state index is 0.222. The van der Waals surface area contributed by atoms with E-state index in [9.17, 15) is 14.4 Å². The number of carbonyl (C=O) groups excluding carboxylic acids is 3. The molecule has 0 unspecified atom stereocenters. The minimum atomic E-state index is -0.705. The monoisotopic (exact) mass is 342 g/mol. The fraction of sp³-hybridized carbons (Fsp3) is 0.824. The molecule has 0 spiro atoms. The molecule has 0 aliphatic carbocycles. The average molecular weight is 342 g/mol. The first kappa shape index (κ1) is 20.3. The number of carbonyl (C=O) groups is 3. The number of esters is 1. The molecule has 1 saturated heterocycles. The van der Waals surface area contributed by atoms with Gasteiger partial charge in [-0.05, 0) is 46.0 Å². The van der Waals surface area contributed by atoms with Crippen molar-refractivity contribution in [2.75, 3.05) is 13.7 Å². The van der Waals surface area contributed by atoms with Gasteiger partial charge in [0, 0.05) is 6.54 Å². The normalized spacial score (nSPS) is 19.1. The number of likely N-dealkylation sites (tertiary alicyclic amines) is 1. The summed E-state index contributed by atoms with van der Waals surface area (Å²) in [5, 5.41) is 2.73. The zero-order chi connectivity index (χ0) is 18.5. The summed E-state index contributed by atoms with van der Waals surface area (Å²) in [4.78, 5) is 38.1. The van der Waals surface area contributed by atoms with E-state index in [-0.39, 0.29) is 11.8 Å². The lowest BCUT2D eigenvalue weighted by Gasteiger charge is -2.29. The molecule has 1 N–H and O–H groups in total. The lowest BCUT2D eigenvalue weighted by atomic mass is 10.0. The molecule has 0 bridgehead atoms. The second kappa shape index (κ2) is 8.35. The van der Waals surface area contributed by atoms with Crippen molar-refractivity contribution in [3.05, 3.63) is 0 Å². The fourth-order valence-corrected chi connectivity index (χ4v) is 2.67. The molecular formula is C17H30N2O5. The van der Waals surface area contributed by atoms with E-state index in [1.165, 1.54) is 12.0 Å². The van der Waals surface area contributed by atoms with Gasteiger partial charge in [0.25, 0.3) is 0 Å². The van der Waals surface area contributed by atoms with E-state index in [2.05, 4.69) is 5.32 Å². The first-order chi connectivity index (χ1) is 11.0. The maximum Gasteiger partial charge on any atom is 0.410 e. The molecule has 1 aliphatic rings. The smallest absolute Gasteiger partial charge is 0.410 e. The van der Waals surface area contributed by atoms with Crippen LogP contribution >= 0.6 is 0 Å². The molecule has 0 aromatic rings. The van der Waals surface area contributed by atoms with Crippen LogP contribution < -0.4 is 5.32 Å². The van der Waals surface area contributed by atoms with Gasteiger partial charge in [0.2, 0.25) is 5.91 Å². The Morgan fingerprint density at radius 2 is 1.88 bits per heavy atom. The van der Waals surface area contributed by atoms with Crippen LogP contribution in [0.5, 0.6) is 0 Å². The number of methoxy groups -OCH3 is 1. The predicted octanol–water partition coefficient (Wildman–Crippen LogP) is 2.09. The summed E-state index contributed by atoms with van der Waals surface area (Å²) < 4.78 is 10.1. The van der Waals surface area contributed by atoms with Crippen LogP contribution in [0.2, 0.25) is 0 Å². The Morgan fingerprint density at radius 1 is 1.25 bits per heavy atom. The minimum Gasteiger partial charge on any atom is -0.467 e. The highest BCUT2D eigenvalue weighted by atomic mass is 16.6. The number of amides is 2. The Hall–Kier alpha value is -1.79. The Kier molecular flexibility index (Phi) is 7.05. The summed E-state index contributed by atoms with van der Waals surface area (Å²) in [6.07, 6.45) is 1.27. The van der Waals surface area contributed by atoms with Crippen LogP contribution in [0.4, 0.5) is 4.79 Å². The molecule has 2 atom stereocenters. The lowest BCUT2D eigenvalue weighted by Crippen LogP contribution is -2.52. The maximum absolute atomic E-state index is 12.6. The number of nitrogens with one attached hydrogen (secondary N) is 1. The first-order valence-corrected chi connectivity index (χ1v) is 8.43. The third-order valence-corrected chi connectivity index (χ3v) is 3.69. The summed E-state index contributed by atoms with van der Waals surface area (Å²) in [7, 11) is 1.30. The Labute approximate surface area is 144 Å². The van der Waals surface area contributed by atoms with E-state index in [1.54, 1.807) is 20.8 Å². The van der Waals surface area contributed by atoms with Crippen molar-refractivity contribution in [3.63, 3.8) is 0 Å². The fourth-order valence-electron chi connectivity index (χ4n) is 2.67. The maximum atomic E-state index is 12.6. The summed E-state index contributed by atoms with van der Waals surface area (Å²) in [5.74, 6) is -0.590. The quantitative estimate of drug-likeness (QED) is 0.773. The van der Waals surface area contributed by atoms with Crippen molar-refractivity contribution in [2.24, 2.45) is 5.92 Å². The topological polar surface area (TPSA) is 84.9 Å². The SMILES string of the molecule is COC(=O)[C@@H](CC(C)C)NC(=O)[C@@H]1CCCN1C(=O)OC(C)(C)C. The van der Waals surface area contributed by atoms with Crippen molar-refractivity contribution in [1.82, 2.24) is 10.2 Å². The molecule has 1 aliphatic heterocycles. The van der Waals surface area contributed by atoms with Gasteiger partial charge in [-0.2, -0.15) is 0 Å². The molecule has 7 heteroatoms. The van der Waals surface area contributed by atoms with Crippen molar-refractivity contribution >= 4 is 18.0 Å². The van der Waals surface area contributed by atoms with Crippen molar-refractivity contribution in [3.8, 4) is 0 Å². The Balaban J connectivity index is 2.76. The summed E-state index contributed by atoms with van der Waals surface area (Å²) in [6.45, 7) is 9.75. The first-order valence-electron chi connectivity index (χ1n) is 8.43. The summed E-state index contributed by atoms with van der Waals surface area (Å²) >= 11 is 0. The van der Waals surface area contributed by atoms with Gasteiger partial charge >= 0.3 is 12.1 Å². The average Bonchev–Trinajstić information content (AvgIpc) is 2.92. The van der Waals surface area contributed by atoms with Gasteiger partial charge in [-0.15, -0.1) is 0 Å². The predicted molar refractivity (Wildman–Crippen MR) is 89.4 cm³/mol. The van der Waals surface area contributed by atoms with Crippen LogP contribution in [0, 0.1) is 5.92 Å². The molecule has 1 heterocycles. The van der Waals surface area contributed by atoms with Gasteiger partial charge in [0.1, 0.15) is 17.7 Å². The van der Waals surface area contributed by atoms with Crippen LogP contribution in [-0.2, 0) is 19.1 Å². The third kappa shape index (κ3) is 6.02. The van der Waals surface area contributed by atoms with Gasteiger partial charge in [0.15, 0.2) is 0 Å². The number of hydrogen-bond donors (Lipinski definition) is 1. The standard InChI is InChI=1S/C17H30N2O5/c1-11(2)10-12(15(21)23-6)18-14(20)13-8-7-9-19(13)16(22)24-17(3,4)5/h11-13H,7-10H2,1-6H3,(H,18,20)/t12-,13+/m1/s1. The molecule has 0 radical (unpaired) electrons. The number of hydrogen-bond acceptors (Lipinski definition) is 5. The van der Waals surface area contributed by atoms with Crippen molar-refractivity contribution in [2.45, 2.75) is 71.6 Å². The van der Waals surface area contributed by atoms with Gasteiger partial charge in [0.05, 0.1) is 7.11 Å². The van der Waals surface area contributed by atoms with Crippen LogP contribution in [0.1, 0.15) is 53.9 Å². The molecule has 0 aromatic carbocycles. The van der Waals surface area contributed by atoms with Gasteiger partial charge in [-0.1, -0.05) is 13.8 Å². The second-order valence-corrected chi connectivity index (χ2v) is 7.55. The number of rotatable bonds is 5. The summed E-state index contributed by atoms with van der Waals surface area (Å²) in [6, 6.07) is -1.32. The van der Waals surface area contributed by atoms with Crippen molar-refractivity contribution < 1.29 is 23.9 Å². The van der Waals surface area contributed by atoms with Crippen LogP contribution in [0.3, 0.4) is 0 Å². The largest absolute Gasteiger partial charge is 0.467 e. The van der Waals surface area contributed by atoms with E-state index in [1.807, 2.05) is 13.8 Å². The Morgan fingerprint density at radius 3 is 2.38 bits per heavy atom. The van der Waals surface area contributed by atoms with Crippen molar-refractivity contribution in [1.29, 1.82) is 0 Å². The van der Waals surface area contributed by atoms with Gasteiger partial charge in [-0.25, -0.2) is 9.59 Å². The highest BCUT2D eigenvalue weighted by Gasteiger charge is 2.38. The molecular weight excluding hydrogens is 312 g/mol. The molecule has 1 fully saturated rings. The molecule has 7 nitrogen and oxygen atoms in total. The van der Waals surface area contributed by atoms with E-state index in [4.69, 9.17) is 9.47 Å². The van der Waals surface area contributed by atoms with Crippen LogP contribution in [-0.4, -0.2) is 54.2 Å². The lowest BCUT2D eigenvalue weighted by molar-refractivity contribution is -0.146. The molecule has 0 aromatic heterocycles. The highest BCUT2D eigenvalue weighted by Crippen LogP contribution is 2.21. The van der Waals surface area contributed by atoms with Gasteiger partial charge < -0.3 is 14.8 Å². The van der Waals surface area contributed by atoms with E-state index in [0.29, 0.717) is 19.4 Å². The Bertz CT molecular complexity index is 470. The highest BCUT2D eigenvalue weighted by molar-refractivity contribution is 5.90. The molecule has 1 rings (SSSR count).